The average molecular weight is 375 g/mol. The number of anilines is 1. The van der Waals surface area contributed by atoms with Crippen molar-refractivity contribution in [1.29, 1.82) is 5.26 Å². The van der Waals surface area contributed by atoms with Crippen LogP contribution < -0.4 is 5.32 Å². The van der Waals surface area contributed by atoms with E-state index in [1.165, 1.54) is 26.0 Å². The molecule has 0 radical (unpaired) electrons. The van der Waals surface area contributed by atoms with Crippen molar-refractivity contribution in [1.82, 2.24) is 9.78 Å². The molecule has 25 heavy (non-hydrogen) atoms. The fourth-order valence-corrected chi connectivity index (χ4v) is 2.09. The number of hydrogen-bond acceptors (Lipinski definition) is 3. The number of rotatable bonds is 3. The number of nitriles is 1. The van der Waals surface area contributed by atoms with E-state index in [9.17, 15) is 22.4 Å². The van der Waals surface area contributed by atoms with Gasteiger partial charge in [-0.15, -0.1) is 5.10 Å². The van der Waals surface area contributed by atoms with Crippen LogP contribution in [0, 0.1) is 17.3 Å². The highest BCUT2D eigenvalue weighted by atomic mass is 35.5. The van der Waals surface area contributed by atoms with E-state index < -0.39 is 34.7 Å². The molecule has 1 N–H and O–H groups in total. The second-order valence-corrected chi connectivity index (χ2v) is 6.00. The second kappa shape index (κ2) is 6.37. The molecule has 132 valence electrons. The zero-order valence-corrected chi connectivity index (χ0v) is 13.7. The summed E-state index contributed by atoms with van der Waals surface area (Å²) >= 11 is 5.56. The lowest BCUT2D eigenvalue weighted by Crippen LogP contribution is -2.40. The van der Waals surface area contributed by atoms with Crippen LogP contribution >= 0.6 is 11.6 Å². The summed E-state index contributed by atoms with van der Waals surface area (Å²) in [4.78, 5) is 12.4. The summed E-state index contributed by atoms with van der Waals surface area (Å²) in [5.74, 6) is -1.72. The summed E-state index contributed by atoms with van der Waals surface area (Å²) in [6.45, 7) is 2.78. The SMILES string of the molecule is CC(C)(C(=O)Nc1ccc(C#N)c(C(F)(F)F)c1)n1cc(Cl)c(F)n1. The standard InChI is InChI=1S/C15H11ClF4N4O/c1-14(2,24-7-11(16)12(17)23-24)13(25)22-9-4-3-8(6-21)10(5-9)15(18,19)20/h3-5,7H,1-2H3,(H,22,25). The summed E-state index contributed by atoms with van der Waals surface area (Å²) in [7, 11) is 0. The van der Waals surface area contributed by atoms with E-state index in [1.807, 2.05) is 0 Å². The van der Waals surface area contributed by atoms with Crippen LogP contribution in [0.1, 0.15) is 25.0 Å². The minimum atomic E-state index is -4.75. The molecule has 1 aromatic carbocycles. The van der Waals surface area contributed by atoms with Crippen LogP contribution in [-0.4, -0.2) is 15.7 Å². The van der Waals surface area contributed by atoms with Gasteiger partial charge in [0, 0.05) is 11.9 Å². The molecule has 1 aromatic heterocycles. The van der Waals surface area contributed by atoms with Gasteiger partial charge in [-0.3, -0.25) is 9.48 Å². The van der Waals surface area contributed by atoms with Crippen LogP contribution in [0.3, 0.4) is 0 Å². The van der Waals surface area contributed by atoms with E-state index in [1.54, 1.807) is 0 Å². The molecule has 10 heteroatoms. The van der Waals surface area contributed by atoms with Gasteiger partial charge in [0.2, 0.25) is 0 Å². The molecule has 0 atom stereocenters. The Morgan fingerprint density at radius 3 is 2.48 bits per heavy atom. The number of nitrogens with zero attached hydrogens (tertiary/aromatic N) is 3. The highest BCUT2D eigenvalue weighted by Gasteiger charge is 2.35. The molecule has 0 saturated heterocycles. The number of carbonyl (C=O) groups is 1. The molecule has 0 fully saturated rings. The third kappa shape index (κ3) is 3.74. The van der Waals surface area contributed by atoms with Gasteiger partial charge in [-0.2, -0.15) is 22.8 Å². The molecule has 0 aliphatic heterocycles. The number of alkyl halides is 3. The van der Waals surface area contributed by atoms with Crippen molar-refractivity contribution in [3.8, 4) is 6.07 Å². The van der Waals surface area contributed by atoms with Crippen molar-refractivity contribution in [3.05, 3.63) is 46.5 Å². The van der Waals surface area contributed by atoms with Crippen LogP contribution in [0.5, 0.6) is 0 Å². The zero-order chi connectivity index (χ0) is 19.0. The van der Waals surface area contributed by atoms with Gasteiger partial charge in [0.25, 0.3) is 11.9 Å². The first-order valence-corrected chi connectivity index (χ1v) is 7.18. The topological polar surface area (TPSA) is 70.7 Å². The highest BCUT2D eigenvalue weighted by molar-refractivity contribution is 6.30. The maximum Gasteiger partial charge on any atom is 0.417 e. The van der Waals surface area contributed by atoms with Crippen LogP contribution in [0.15, 0.2) is 24.4 Å². The molecule has 2 aromatic rings. The van der Waals surface area contributed by atoms with Gasteiger partial charge in [-0.1, -0.05) is 11.6 Å². The molecular weight excluding hydrogens is 364 g/mol. The Hall–Kier alpha value is -2.60. The lowest BCUT2D eigenvalue weighted by molar-refractivity contribution is -0.137. The molecule has 2 rings (SSSR count). The van der Waals surface area contributed by atoms with Gasteiger partial charge >= 0.3 is 6.18 Å². The molecule has 0 unspecified atom stereocenters. The van der Waals surface area contributed by atoms with Crippen molar-refractivity contribution < 1.29 is 22.4 Å². The molecule has 1 heterocycles. The largest absolute Gasteiger partial charge is 0.417 e. The first kappa shape index (κ1) is 18.7. The van der Waals surface area contributed by atoms with Crippen LogP contribution in [0.25, 0.3) is 0 Å². The number of nitrogens with one attached hydrogen (secondary N) is 1. The van der Waals surface area contributed by atoms with E-state index in [2.05, 4.69) is 10.4 Å². The first-order valence-electron chi connectivity index (χ1n) is 6.80. The van der Waals surface area contributed by atoms with Gasteiger partial charge in [-0.05, 0) is 32.0 Å². The number of amides is 1. The van der Waals surface area contributed by atoms with Crippen LogP contribution in [-0.2, 0) is 16.5 Å². The van der Waals surface area contributed by atoms with E-state index in [0.717, 1.165) is 16.9 Å². The van der Waals surface area contributed by atoms with Crippen LogP contribution in [0.2, 0.25) is 5.02 Å². The minimum absolute atomic E-state index is 0.164. The number of halogens is 5. The summed E-state index contributed by atoms with van der Waals surface area (Å²) in [6, 6.07) is 4.22. The van der Waals surface area contributed by atoms with Gasteiger partial charge in [-0.25, -0.2) is 0 Å². The van der Waals surface area contributed by atoms with Crippen molar-refractivity contribution >= 4 is 23.2 Å². The Kier molecular flexibility index (Phi) is 4.77. The third-order valence-corrected chi connectivity index (χ3v) is 3.71. The maximum atomic E-state index is 13.3. The molecule has 0 spiro atoms. The molecule has 0 aliphatic rings. The predicted octanol–water partition coefficient (Wildman–Crippen LogP) is 3.94. The summed E-state index contributed by atoms with van der Waals surface area (Å²) in [5, 5.41) is 14.2. The molecule has 0 saturated carbocycles. The fraction of sp³-hybridized carbons (Fsp3) is 0.267. The minimum Gasteiger partial charge on any atom is -0.324 e. The highest BCUT2D eigenvalue weighted by Crippen LogP contribution is 2.34. The normalized spacial score (nSPS) is 11.9. The summed E-state index contributed by atoms with van der Waals surface area (Å²) < 4.78 is 53.1. The van der Waals surface area contributed by atoms with Crippen molar-refractivity contribution in [2.75, 3.05) is 5.32 Å². The summed E-state index contributed by atoms with van der Waals surface area (Å²) in [5.41, 5.74) is -3.33. The van der Waals surface area contributed by atoms with Crippen molar-refractivity contribution in [2.45, 2.75) is 25.6 Å². The van der Waals surface area contributed by atoms with E-state index in [-0.39, 0.29) is 10.7 Å². The zero-order valence-electron chi connectivity index (χ0n) is 12.9. The Morgan fingerprint density at radius 2 is 2.00 bits per heavy atom. The smallest absolute Gasteiger partial charge is 0.324 e. The Balaban J connectivity index is 2.33. The Labute approximate surface area is 144 Å². The number of hydrogen-bond donors (Lipinski definition) is 1. The number of aromatic nitrogens is 2. The lowest BCUT2D eigenvalue weighted by atomic mass is 10.0. The van der Waals surface area contributed by atoms with Gasteiger partial charge in [0.15, 0.2) is 0 Å². The molecule has 1 amide bonds. The van der Waals surface area contributed by atoms with E-state index in [4.69, 9.17) is 16.9 Å². The molecule has 5 nitrogen and oxygen atoms in total. The fourth-order valence-electron chi connectivity index (χ4n) is 1.96. The van der Waals surface area contributed by atoms with Gasteiger partial charge in [0.1, 0.15) is 10.6 Å². The Bertz CT molecular complexity index is 848. The first-order chi connectivity index (χ1) is 11.5. The molecule has 0 bridgehead atoms. The summed E-state index contributed by atoms with van der Waals surface area (Å²) in [6.07, 6.45) is -3.66. The Morgan fingerprint density at radius 1 is 1.36 bits per heavy atom. The second-order valence-electron chi connectivity index (χ2n) is 5.60. The van der Waals surface area contributed by atoms with Crippen molar-refractivity contribution in [2.24, 2.45) is 0 Å². The predicted molar refractivity (Wildman–Crippen MR) is 81.3 cm³/mol. The third-order valence-electron chi connectivity index (χ3n) is 3.46. The van der Waals surface area contributed by atoms with E-state index >= 15 is 0 Å². The maximum absolute atomic E-state index is 13.3. The van der Waals surface area contributed by atoms with Gasteiger partial charge < -0.3 is 5.32 Å². The number of carbonyl (C=O) groups excluding carboxylic acids is 1. The average Bonchev–Trinajstić information content (AvgIpc) is 2.86. The monoisotopic (exact) mass is 374 g/mol. The quantitative estimate of drug-likeness (QED) is 0.827. The van der Waals surface area contributed by atoms with Gasteiger partial charge in [0.05, 0.1) is 17.2 Å². The molecule has 0 aliphatic carbocycles. The molecular formula is C15H11ClF4N4O. The number of benzene rings is 1. The van der Waals surface area contributed by atoms with Crippen molar-refractivity contribution in [3.63, 3.8) is 0 Å². The lowest BCUT2D eigenvalue weighted by Gasteiger charge is -2.24. The van der Waals surface area contributed by atoms with Crippen LogP contribution in [0.4, 0.5) is 23.2 Å². The van der Waals surface area contributed by atoms with E-state index in [0.29, 0.717) is 6.07 Å².